The molecular formula is C19H23FN2O4S. The highest BCUT2D eigenvalue weighted by atomic mass is 32.2. The van der Waals surface area contributed by atoms with Crippen molar-refractivity contribution >= 4 is 21.6 Å². The maximum absolute atomic E-state index is 13.5. The molecule has 27 heavy (non-hydrogen) atoms. The minimum Gasteiger partial charge on any atom is -0.494 e. The molecule has 0 radical (unpaired) electrons. The maximum Gasteiger partial charge on any atom is 0.243 e. The third-order valence-electron chi connectivity index (χ3n) is 3.83. The third-order valence-corrected chi connectivity index (χ3v) is 5.07. The van der Waals surface area contributed by atoms with Gasteiger partial charge >= 0.3 is 0 Å². The van der Waals surface area contributed by atoms with Crippen LogP contribution in [0.25, 0.3) is 0 Å². The first-order chi connectivity index (χ1) is 12.7. The van der Waals surface area contributed by atoms with E-state index < -0.39 is 27.8 Å². The van der Waals surface area contributed by atoms with Gasteiger partial charge in [-0.15, -0.1) is 0 Å². The molecule has 2 aromatic carbocycles. The third kappa shape index (κ3) is 5.68. The first-order valence-electron chi connectivity index (χ1n) is 8.46. The second-order valence-corrected chi connectivity index (χ2v) is 7.87. The van der Waals surface area contributed by atoms with Gasteiger partial charge in [0, 0.05) is 6.54 Å². The summed E-state index contributed by atoms with van der Waals surface area (Å²) in [4.78, 5) is 12.5. The molecule has 0 aliphatic carbocycles. The van der Waals surface area contributed by atoms with Gasteiger partial charge in [0.05, 0.1) is 18.6 Å². The lowest BCUT2D eigenvalue weighted by atomic mass is 10.2. The standard InChI is InChI=1S/C19H23FN2O4S/c1-4-26-18-10-5-7-15(11-18)13-21-19(23)14(2)22(27(3,24)25)17-9-6-8-16(20)12-17/h5-12,14H,4,13H2,1-3H3,(H,21,23)/t14-/m0/s1. The molecule has 6 nitrogen and oxygen atoms in total. The minimum atomic E-state index is -3.79. The molecule has 146 valence electrons. The van der Waals surface area contributed by atoms with Crippen LogP contribution in [0.5, 0.6) is 5.75 Å². The summed E-state index contributed by atoms with van der Waals surface area (Å²) in [6.07, 6.45) is 0.979. The molecule has 1 amide bonds. The summed E-state index contributed by atoms with van der Waals surface area (Å²) in [5.74, 6) is -0.386. The van der Waals surface area contributed by atoms with E-state index in [4.69, 9.17) is 4.74 Å². The zero-order valence-corrected chi connectivity index (χ0v) is 16.3. The van der Waals surface area contributed by atoms with Crippen molar-refractivity contribution in [2.45, 2.75) is 26.4 Å². The summed E-state index contributed by atoms with van der Waals surface area (Å²) in [5.41, 5.74) is 0.914. The lowest BCUT2D eigenvalue weighted by molar-refractivity contribution is -0.122. The van der Waals surface area contributed by atoms with Crippen LogP contribution in [0.3, 0.4) is 0 Å². The van der Waals surface area contributed by atoms with Crippen molar-refractivity contribution in [3.05, 3.63) is 59.9 Å². The SMILES string of the molecule is CCOc1cccc(CNC(=O)[C@H](C)N(c2cccc(F)c2)S(C)(=O)=O)c1. The number of carbonyl (C=O) groups excluding carboxylic acids is 1. The van der Waals surface area contributed by atoms with Crippen molar-refractivity contribution in [3.63, 3.8) is 0 Å². The van der Waals surface area contributed by atoms with Crippen LogP contribution in [0.4, 0.5) is 10.1 Å². The molecule has 2 rings (SSSR count). The Balaban J connectivity index is 2.14. The molecule has 0 spiro atoms. The Kier molecular flexibility index (Phi) is 6.79. The fourth-order valence-electron chi connectivity index (χ4n) is 2.67. The van der Waals surface area contributed by atoms with E-state index in [1.807, 2.05) is 25.1 Å². The largest absolute Gasteiger partial charge is 0.494 e. The van der Waals surface area contributed by atoms with Gasteiger partial charge in [0.15, 0.2) is 0 Å². The first kappa shape index (κ1) is 20.7. The summed E-state index contributed by atoms with van der Waals surface area (Å²) in [7, 11) is -3.79. The molecule has 1 atom stereocenters. The van der Waals surface area contributed by atoms with E-state index in [-0.39, 0.29) is 12.2 Å². The predicted molar refractivity (Wildman–Crippen MR) is 103 cm³/mol. The lowest BCUT2D eigenvalue weighted by Crippen LogP contribution is -2.47. The topological polar surface area (TPSA) is 75.7 Å². The number of sulfonamides is 1. The molecule has 0 aliphatic heterocycles. The Morgan fingerprint density at radius 2 is 1.93 bits per heavy atom. The molecule has 0 aromatic heterocycles. The molecule has 2 aromatic rings. The highest BCUT2D eigenvalue weighted by molar-refractivity contribution is 7.92. The zero-order valence-electron chi connectivity index (χ0n) is 15.5. The molecule has 0 unspecified atom stereocenters. The van der Waals surface area contributed by atoms with E-state index in [0.717, 1.165) is 22.2 Å². The van der Waals surface area contributed by atoms with Crippen LogP contribution in [0.2, 0.25) is 0 Å². The molecule has 0 fully saturated rings. The van der Waals surface area contributed by atoms with E-state index >= 15 is 0 Å². The number of nitrogens with zero attached hydrogens (tertiary/aromatic N) is 1. The highest BCUT2D eigenvalue weighted by Crippen LogP contribution is 2.22. The highest BCUT2D eigenvalue weighted by Gasteiger charge is 2.29. The predicted octanol–water partition coefficient (Wildman–Crippen LogP) is 2.70. The fraction of sp³-hybridized carbons (Fsp3) is 0.316. The monoisotopic (exact) mass is 394 g/mol. The van der Waals surface area contributed by atoms with Gasteiger partial charge in [0.25, 0.3) is 0 Å². The Morgan fingerprint density at radius 3 is 2.56 bits per heavy atom. The van der Waals surface area contributed by atoms with Crippen LogP contribution < -0.4 is 14.4 Å². The Hall–Kier alpha value is -2.61. The van der Waals surface area contributed by atoms with E-state index in [2.05, 4.69) is 5.32 Å². The molecule has 0 bridgehead atoms. The average molecular weight is 394 g/mol. The maximum atomic E-state index is 13.5. The van der Waals surface area contributed by atoms with E-state index in [9.17, 15) is 17.6 Å². The normalized spacial score (nSPS) is 12.3. The fourth-order valence-corrected chi connectivity index (χ4v) is 3.84. The number of carbonyl (C=O) groups is 1. The summed E-state index contributed by atoms with van der Waals surface area (Å²) in [6.45, 7) is 4.08. The van der Waals surface area contributed by atoms with Gasteiger partial charge in [-0.1, -0.05) is 18.2 Å². The number of nitrogens with one attached hydrogen (secondary N) is 1. The van der Waals surface area contributed by atoms with Crippen molar-refractivity contribution in [1.29, 1.82) is 0 Å². The van der Waals surface area contributed by atoms with Crippen LogP contribution in [-0.2, 0) is 21.4 Å². The summed E-state index contributed by atoms with van der Waals surface area (Å²) in [5, 5.41) is 2.71. The Labute approximate surface area is 159 Å². The summed E-state index contributed by atoms with van der Waals surface area (Å²) < 4.78 is 44.2. The smallest absolute Gasteiger partial charge is 0.243 e. The number of halogens is 1. The van der Waals surface area contributed by atoms with Crippen LogP contribution in [0.15, 0.2) is 48.5 Å². The van der Waals surface area contributed by atoms with Crippen molar-refractivity contribution < 1.29 is 22.3 Å². The van der Waals surface area contributed by atoms with E-state index in [1.54, 1.807) is 6.07 Å². The molecule has 0 heterocycles. The molecule has 0 saturated carbocycles. The van der Waals surface area contributed by atoms with Gasteiger partial charge in [0.1, 0.15) is 17.6 Å². The number of hydrogen-bond donors (Lipinski definition) is 1. The Morgan fingerprint density at radius 1 is 1.22 bits per heavy atom. The zero-order chi connectivity index (χ0) is 20.0. The number of anilines is 1. The van der Waals surface area contributed by atoms with Gasteiger partial charge in [-0.05, 0) is 49.7 Å². The first-order valence-corrected chi connectivity index (χ1v) is 10.3. The number of amides is 1. The van der Waals surface area contributed by atoms with Gasteiger partial charge in [-0.25, -0.2) is 12.8 Å². The van der Waals surface area contributed by atoms with Crippen LogP contribution in [0.1, 0.15) is 19.4 Å². The molecular weight excluding hydrogens is 371 g/mol. The number of hydrogen-bond acceptors (Lipinski definition) is 4. The average Bonchev–Trinajstić information content (AvgIpc) is 2.59. The van der Waals surface area contributed by atoms with Gasteiger partial charge in [-0.3, -0.25) is 9.10 Å². The number of ether oxygens (including phenoxy) is 1. The quantitative estimate of drug-likeness (QED) is 0.747. The number of benzene rings is 2. The van der Waals surface area contributed by atoms with Crippen molar-refractivity contribution in [2.24, 2.45) is 0 Å². The summed E-state index contributed by atoms with van der Waals surface area (Å²) >= 11 is 0. The molecule has 0 aliphatic rings. The Bertz CT molecular complexity index is 902. The molecule has 8 heteroatoms. The van der Waals surface area contributed by atoms with E-state index in [0.29, 0.717) is 12.4 Å². The van der Waals surface area contributed by atoms with Gasteiger partial charge < -0.3 is 10.1 Å². The van der Waals surface area contributed by atoms with Crippen molar-refractivity contribution in [2.75, 3.05) is 17.2 Å². The van der Waals surface area contributed by atoms with Crippen LogP contribution >= 0.6 is 0 Å². The van der Waals surface area contributed by atoms with E-state index in [1.165, 1.54) is 25.1 Å². The van der Waals surface area contributed by atoms with Crippen LogP contribution in [-0.4, -0.2) is 33.2 Å². The molecule has 1 N–H and O–H groups in total. The van der Waals surface area contributed by atoms with Gasteiger partial charge in [-0.2, -0.15) is 0 Å². The molecule has 0 saturated heterocycles. The second kappa shape index (κ2) is 8.85. The van der Waals surface area contributed by atoms with Crippen LogP contribution in [0, 0.1) is 5.82 Å². The lowest BCUT2D eigenvalue weighted by Gasteiger charge is -2.28. The minimum absolute atomic E-state index is 0.0958. The summed E-state index contributed by atoms with van der Waals surface area (Å²) in [6, 6.07) is 11.3. The number of rotatable bonds is 8. The van der Waals surface area contributed by atoms with Crippen molar-refractivity contribution in [3.8, 4) is 5.75 Å². The van der Waals surface area contributed by atoms with Crippen molar-refractivity contribution in [1.82, 2.24) is 5.32 Å². The second-order valence-electron chi connectivity index (χ2n) is 6.01. The van der Waals surface area contributed by atoms with Gasteiger partial charge in [0.2, 0.25) is 15.9 Å².